The van der Waals surface area contributed by atoms with Crippen molar-refractivity contribution in [3.63, 3.8) is 0 Å². The highest BCUT2D eigenvalue weighted by atomic mass is 16.5. The lowest BCUT2D eigenvalue weighted by molar-refractivity contribution is -0.114. The fraction of sp³-hybridized carbons (Fsp3) is 0.500. The van der Waals surface area contributed by atoms with Crippen LogP contribution in [-0.4, -0.2) is 52.3 Å². The molecule has 0 unspecified atom stereocenters. The van der Waals surface area contributed by atoms with Gasteiger partial charge in [0.15, 0.2) is 5.96 Å². The number of nitrogens with one attached hydrogen (secondary N) is 3. The van der Waals surface area contributed by atoms with Crippen LogP contribution in [0.4, 0.5) is 5.69 Å². The van der Waals surface area contributed by atoms with E-state index in [1.807, 2.05) is 18.2 Å². The van der Waals surface area contributed by atoms with Gasteiger partial charge in [-0.3, -0.25) is 9.79 Å². The molecule has 0 fully saturated rings. The number of nitrogens with zero attached hydrogens (tertiary/aromatic N) is 1. The number of anilines is 1. The molecule has 1 aromatic rings. The van der Waals surface area contributed by atoms with Gasteiger partial charge in [0.1, 0.15) is 12.4 Å². The van der Waals surface area contributed by atoms with Gasteiger partial charge in [0.2, 0.25) is 5.91 Å². The van der Waals surface area contributed by atoms with Crippen molar-refractivity contribution in [2.75, 3.05) is 45.8 Å². The second kappa shape index (κ2) is 11.3. The van der Waals surface area contributed by atoms with Gasteiger partial charge in [-0.1, -0.05) is 6.07 Å². The van der Waals surface area contributed by atoms with Crippen molar-refractivity contribution < 1.29 is 14.3 Å². The minimum absolute atomic E-state index is 0.104. The van der Waals surface area contributed by atoms with E-state index < -0.39 is 0 Å². The lowest BCUT2D eigenvalue weighted by atomic mass is 10.3. The van der Waals surface area contributed by atoms with Gasteiger partial charge >= 0.3 is 0 Å². The minimum atomic E-state index is -0.104. The van der Waals surface area contributed by atoms with Crippen LogP contribution >= 0.6 is 0 Å². The topological polar surface area (TPSA) is 84.0 Å². The minimum Gasteiger partial charge on any atom is -0.492 e. The van der Waals surface area contributed by atoms with Gasteiger partial charge in [0, 0.05) is 46.0 Å². The van der Waals surface area contributed by atoms with E-state index in [-0.39, 0.29) is 5.91 Å². The first kappa shape index (κ1) is 18.8. The van der Waals surface area contributed by atoms with E-state index in [4.69, 9.17) is 9.47 Å². The molecule has 0 spiro atoms. The third-order valence-corrected chi connectivity index (χ3v) is 2.86. The number of methoxy groups -OCH3 is 1. The Hall–Kier alpha value is -2.28. The standard InChI is InChI=1S/C16H26N4O3/c1-13(21)20-14-6-4-7-15(12-14)23-11-9-19-16(17-2)18-8-5-10-22-3/h4,6-7,12H,5,8-11H2,1-3H3,(H,20,21)(H2,17,18,19). The summed E-state index contributed by atoms with van der Waals surface area (Å²) < 4.78 is 10.6. The predicted molar refractivity (Wildman–Crippen MR) is 92.1 cm³/mol. The van der Waals surface area contributed by atoms with Gasteiger partial charge in [-0.2, -0.15) is 0 Å². The second-order valence-electron chi connectivity index (χ2n) is 4.83. The molecule has 7 nitrogen and oxygen atoms in total. The summed E-state index contributed by atoms with van der Waals surface area (Å²) in [5, 5.41) is 9.08. The Balaban J connectivity index is 2.26. The normalized spacial score (nSPS) is 11.0. The summed E-state index contributed by atoms with van der Waals surface area (Å²) in [4.78, 5) is 15.2. The summed E-state index contributed by atoms with van der Waals surface area (Å²) in [5.41, 5.74) is 0.721. The zero-order valence-corrected chi connectivity index (χ0v) is 14.0. The van der Waals surface area contributed by atoms with Crippen molar-refractivity contribution in [2.45, 2.75) is 13.3 Å². The second-order valence-corrected chi connectivity index (χ2v) is 4.83. The Bertz CT molecular complexity index is 506. The van der Waals surface area contributed by atoms with E-state index in [2.05, 4.69) is 20.9 Å². The Kier molecular flexibility index (Phi) is 9.23. The molecule has 128 valence electrons. The van der Waals surface area contributed by atoms with Crippen molar-refractivity contribution in [3.05, 3.63) is 24.3 Å². The molecule has 1 rings (SSSR count). The number of guanidine groups is 1. The lowest BCUT2D eigenvalue weighted by Gasteiger charge is -2.12. The number of rotatable bonds is 9. The van der Waals surface area contributed by atoms with Crippen LogP contribution < -0.4 is 20.7 Å². The van der Waals surface area contributed by atoms with Crippen LogP contribution in [0.25, 0.3) is 0 Å². The molecule has 0 saturated carbocycles. The molecule has 23 heavy (non-hydrogen) atoms. The quantitative estimate of drug-likeness (QED) is 0.362. The Labute approximate surface area is 137 Å². The number of hydrogen-bond donors (Lipinski definition) is 3. The molecule has 0 atom stereocenters. The molecule has 0 radical (unpaired) electrons. The Morgan fingerprint density at radius 3 is 2.70 bits per heavy atom. The highest BCUT2D eigenvalue weighted by Gasteiger charge is 2.00. The van der Waals surface area contributed by atoms with Crippen molar-refractivity contribution in [1.82, 2.24) is 10.6 Å². The van der Waals surface area contributed by atoms with E-state index >= 15 is 0 Å². The molecule has 3 N–H and O–H groups in total. The summed E-state index contributed by atoms with van der Waals surface area (Å²) in [6, 6.07) is 7.30. The maximum absolute atomic E-state index is 11.0. The van der Waals surface area contributed by atoms with Crippen molar-refractivity contribution in [3.8, 4) is 5.75 Å². The number of hydrogen-bond acceptors (Lipinski definition) is 4. The molecule has 7 heteroatoms. The van der Waals surface area contributed by atoms with E-state index in [1.54, 1.807) is 20.2 Å². The van der Waals surface area contributed by atoms with Crippen molar-refractivity contribution in [1.29, 1.82) is 0 Å². The molecular formula is C16H26N4O3. The molecule has 0 saturated heterocycles. The number of carbonyl (C=O) groups excluding carboxylic acids is 1. The molecule has 1 aromatic carbocycles. The first-order valence-corrected chi connectivity index (χ1v) is 7.59. The van der Waals surface area contributed by atoms with Crippen LogP contribution in [0, 0.1) is 0 Å². The summed E-state index contributed by atoms with van der Waals surface area (Å²) in [7, 11) is 3.41. The predicted octanol–water partition coefficient (Wildman–Crippen LogP) is 1.23. The highest BCUT2D eigenvalue weighted by Crippen LogP contribution is 2.16. The number of benzene rings is 1. The summed E-state index contributed by atoms with van der Waals surface area (Å²) >= 11 is 0. The van der Waals surface area contributed by atoms with Crippen LogP contribution in [0.1, 0.15) is 13.3 Å². The molecule has 0 aliphatic carbocycles. The SMILES string of the molecule is CN=C(NCCCOC)NCCOc1cccc(NC(C)=O)c1. The monoisotopic (exact) mass is 322 g/mol. The molecule has 0 aromatic heterocycles. The fourth-order valence-electron chi connectivity index (χ4n) is 1.85. The van der Waals surface area contributed by atoms with Gasteiger partial charge in [-0.25, -0.2) is 0 Å². The van der Waals surface area contributed by atoms with E-state index in [1.165, 1.54) is 6.92 Å². The van der Waals surface area contributed by atoms with Crippen LogP contribution in [-0.2, 0) is 9.53 Å². The van der Waals surface area contributed by atoms with Gasteiger partial charge in [0.05, 0.1) is 6.54 Å². The van der Waals surface area contributed by atoms with Crippen LogP contribution in [0.5, 0.6) is 5.75 Å². The van der Waals surface area contributed by atoms with Gasteiger partial charge in [-0.05, 0) is 18.6 Å². The smallest absolute Gasteiger partial charge is 0.221 e. The lowest BCUT2D eigenvalue weighted by Crippen LogP contribution is -2.39. The molecule has 0 heterocycles. The fourth-order valence-corrected chi connectivity index (χ4v) is 1.85. The number of ether oxygens (including phenoxy) is 2. The maximum atomic E-state index is 11.0. The van der Waals surface area contributed by atoms with E-state index in [0.29, 0.717) is 18.9 Å². The van der Waals surface area contributed by atoms with Gasteiger partial charge in [0.25, 0.3) is 0 Å². The first-order chi connectivity index (χ1) is 11.2. The molecule has 1 amide bonds. The molecule has 0 aliphatic rings. The Morgan fingerprint density at radius 2 is 2.00 bits per heavy atom. The summed E-state index contributed by atoms with van der Waals surface area (Å²) in [6.45, 7) is 4.10. The third kappa shape index (κ3) is 8.67. The Morgan fingerprint density at radius 1 is 1.22 bits per heavy atom. The average molecular weight is 322 g/mol. The third-order valence-electron chi connectivity index (χ3n) is 2.86. The summed E-state index contributed by atoms with van der Waals surface area (Å²) in [6.07, 6.45) is 0.920. The molecule has 0 aliphatic heterocycles. The van der Waals surface area contributed by atoms with Crippen molar-refractivity contribution in [2.24, 2.45) is 4.99 Å². The van der Waals surface area contributed by atoms with Gasteiger partial charge in [-0.15, -0.1) is 0 Å². The first-order valence-electron chi connectivity index (χ1n) is 7.59. The number of amides is 1. The number of aliphatic imine (C=N–C) groups is 1. The summed E-state index contributed by atoms with van der Waals surface area (Å²) in [5.74, 6) is 1.34. The van der Waals surface area contributed by atoms with Gasteiger partial charge < -0.3 is 25.4 Å². The number of carbonyl (C=O) groups is 1. The van der Waals surface area contributed by atoms with Crippen LogP contribution in [0.3, 0.4) is 0 Å². The van der Waals surface area contributed by atoms with E-state index in [0.717, 1.165) is 31.2 Å². The maximum Gasteiger partial charge on any atom is 0.221 e. The zero-order chi connectivity index (χ0) is 16.9. The zero-order valence-electron chi connectivity index (χ0n) is 14.0. The van der Waals surface area contributed by atoms with Crippen molar-refractivity contribution >= 4 is 17.6 Å². The van der Waals surface area contributed by atoms with Crippen LogP contribution in [0.15, 0.2) is 29.3 Å². The van der Waals surface area contributed by atoms with E-state index in [9.17, 15) is 4.79 Å². The van der Waals surface area contributed by atoms with Crippen LogP contribution in [0.2, 0.25) is 0 Å². The average Bonchev–Trinajstić information content (AvgIpc) is 2.53. The molecular weight excluding hydrogens is 296 g/mol. The highest BCUT2D eigenvalue weighted by molar-refractivity contribution is 5.88. The largest absolute Gasteiger partial charge is 0.492 e. The molecule has 0 bridgehead atoms.